The van der Waals surface area contributed by atoms with Gasteiger partial charge in [0.1, 0.15) is 11.5 Å². The Hall–Kier alpha value is -3.13. The molecule has 3 aromatic rings. The lowest BCUT2D eigenvalue weighted by Gasteiger charge is -2.17. The number of nitrogen functional groups attached to an aromatic ring is 1. The summed E-state index contributed by atoms with van der Waals surface area (Å²) in [5.74, 6) is 1.37. The third kappa shape index (κ3) is 5.76. The van der Waals surface area contributed by atoms with Crippen LogP contribution in [0.25, 0.3) is 0 Å². The number of halogens is 3. The molecule has 1 fully saturated rings. The maximum atomic E-state index is 13.1. The lowest BCUT2D eigenvalue weighted by atomic mass is 10.1. The molecule has 168 valence electrons. The average molecular weight is 443 g/mol. The fraction of sp³-hybridized carbons (Fsp3) is 0.333. The number of aromatic nitrogens is 2. The van der Waals surface area contributed by atoms with Gasteiger partial charge in [-0.2, -0.15) is 13.2 Å². The number of benzene rings is 2. The van der Waals surface area contributed by atoms with Crippen molar-refractivity contribution in [3.63, 3.8) is 0 Å². The first kappa shape index (κ1) is 22.1. The van der Waals surface area contributed by atoms with E-state index in [4.69, 9.17) is 15.2 Å². The van der Waals surface area contributed by atoms with Crippen LogP contribution < -0.4 is 10.5 Å². The Balaban J connectivity index is 1.36. The van der Waals surface area contributed by atoms with Crippen molar-refractivity contribution in [2.45, 2.75) is 45.1 Å². The number of aryl methyl sites for hydroxylation is 1. The van der Waals surface area contributed by atoms with Gasteiger partial charge >= 0.3 is 6.18 Å². The molecular weight excluding hydrogens is 419 g/mol. The molecule has 0 aliphatic heterocycles. The summed E-state index contributed by atoms with van der Waals surface area (Å²) < 4.78 is 51.1. The second-order valence-electron chi connectivity index (χ2n) is 8.02. The molecule has 0 spiro atoms. The third-order valence-corrected chi connectivity index (χ3v) is 5.43. The van der Waals surface area contributed by atoms with Gasteiger partial charge in [0, 0.05) is 18.3 Å². The lowest BCUT2D eigenvalue weighted by molar-refractivity contribution is -0.138. The lowest BCUT2D eigenvalue weighted by Crippen LogP contribution is -2.19. The molecule has 5 nitrogen and oxygen atoms in total. The standard InChI is InChI=1S/C24H24F3N3O2/c1-15-2-7-20(13-21(15)24(25,26)27)32-19-8-3-16(4-9-19)14-31-22(17-5-6-17)12-18-10-11-29-23(28)30-18/h2-4,7-11,13,17,22H,5-6,12,14H2,1H3,(H2,28,29,30). The molecule has 1 unspecified atom stereocenters. The number of nitrogens with zero attached hydrogens (tertiary/aromatic N) is 2. The average Bonchev–Trinajstić information content (AvgIpc) is 3.58. The van der Waals surface area contributed by atoms with Crippen LogP contribution in [0.5, 0.6) is 11.5 Å². The number of alkyl halides is 3. The van der Waals surface area contributed by atoms with Gasteiger partial charge in [0.25, 0.3) is 0 Å². The zero-order valence-corrected chi connectivity index (χ0v) is 17.6. The van der Waals surface area contributed by atoms with Gasteiger partial charge in [-0.15, -0.1) is 0 Å². The summed E-state index contributed by atoms with van der Waals surface area (Å²) >= 11 is 0. The SMILES string of the molecule is Cc1ccc(Oc2ccc(COC(Cc3ccnc(N)n3)C3CC3)cc2)cc1C(F)(F)F. The molecule has 1 aromatic heterocycles. The van der Waals surface area contributed by atoms with Crippen molar-refractivity contribution in [1.29, 1.82) is 0 Å². The first-order valence-corrected chi connectivity index (χ1v) is 10.4. The molecule has 1 heterocycles. The van der Waals surface area contributed by atoms with Gasteiger partial charge in [-0.1, -0.05) is 18.2 Å². The molecule has 1 aliphatic rings. The van der Waals surface area contributed by atoms with Gasteiger partial charge in [0.15, 0.2) is 0 Å². The molecular formula is C24H24F3N3O2. The van der Waals surface area contributed by atoms with E-state index in [1.807, 2.05) is 18.2 Å². The van der Waals surface area contributed by atoms with E-state index in [1.54, 1.807) is 18.3 Å². The van der Waals surface area contributed by atoms with Crippen molar-refractivity contribution in [2.24, 2.45) is 5.92 Å². The summed E-state index contributed by atoms with van der Waals surface area (Å²) in [6.07, 6.45) is 0.219. The molecule has 4 rings (SSSR count). The van der Waals surface area contributed by atoms with Crippen LogP contribution in [0.2, 0.25) is 0 Å². The normalized spacial score (nSPS) is 14.9. The number of rotatable bonds is 8. The molecule has 2 aromatic carbocycles. The highest BCUT2D eigenvalue weighted by atomic mass is 19.4. The van der Waals surface area contributed by atoms with E-state index in [0.29, 0.717) is 24.7 Å². The van der Waals surface area contributed by atoms with Crippen LogP contribution in [0, 0.1) is 12.8 Å². The monoisotopic (exact) mass is 443 g/mol. The Labute approximate surface area is 184 Å². The topological polar surface area (TPSA) is 70.3 Å². The molecule has 0 saturated heterocycles. The fourth-order valence-electron chi connectivity index (χ4n) is 3.53. The molecule has 32 heavy (non-hydrogen) atoms. The Morgan fingerprint density at radius 2 is 1.78 bits per heavy atom. The molecule has 8 heteroatoms. The Bertz CT molecular complexity index is 1070. The van der Waals surface area contributed by atoms with E-state index >= 15 is 0 Å². The van der Waals surface area contributed by atoms with Gasteiger partial charge in [-0.25, -0.2) is 9.97 Å². The highest BCUT2D eigenvalue weighted by Gasteiger charge is 2.33. The van der Waals surface area contributed by atoms with Crippen LogP contribution in [0.3, 0.4) is 0 Å². The summed E-state index contributed by atoms with van der Waals surface area (Å²) in [6, 6.07) is 12.9. The van der Waals surface area contributed by atoms with Crippen molar-refractivity contribution in [3.8, 4) is 11.5 Å². The first-order valence-electron chi connectivity index (χ1n) is 10.4. The summed E-state index contributed by atoms with van der Waals surface area (Å²) in [5.41, 5.74) is 6.93. The van der Waals surface area contributed by atoms with Crippen LogP contribution in [-0.2, 0) is 23.9 Å². The highest BCUT2D eigenvalue weighted by Crippen LogP contribution is 2.37. The van der Waals surface area contributed by atoms with Crippen molar-refractivity contribution in [3.05, 3.63) is 77.1 Å². The predicted octanol–water partition coefficient (Wildman–Crippen LogP) is 5.72. The zero-order valence-electron chi connectivity index (χ0n) is 17.6. The van der Waals surface area contributed by atoms with Gasteiger partial charge in [-0.3, -0.25) is 0 Å². The van der Waals surface area contributed by atoms with Crippen molar-refractivity contribution in [2.75, 3.05) is 5.73 Å². The molecule has 1 aliphatic carbocycles. The summed E-state index contributed by atoms with van der Waals surface area (Å²) in [6.45, 7) is 1.85. The quantitative estimate of drug-likeness (QED) is 0.482. The first-order chi connectivity index (χ1) is 15.3. The van der Waals surface area contributed by atoms with E-state index < -0.39 is 11.7 Å². The number of nitrogens with two attached hydrogens (primary N) is 1. The van der Waals surface area contributed by atoms with Gasteiger partial charge in [0.05, 0.1) is 18.3 Å². The Morgan fingerprint density at radius 3 is 2.44 bits per heavy atom. The van der Waals surface area contributed by atoms with E-state index in [0.717, 1.165) is 30.2 Å². The van der Waals surface area contributed by atoms with Crippen LogP contribution in [0.1, 0.15) is 35.2 Å². The van der Waals surface area contributed by atoms with Crippen molar-refractivity contribution in [1.82, 2.24) is 9.97 Å². The largest absolute Gasteiger partial charge is 0.457 e. The summed E-state index contributed by atoms with van der Waals surface area (Å²) in [7, 11) is 0. The van der Waals surface area contributed by atoms with Crippen LogP contribution >= 0.6 is 0 Å². The molecule has 0 radical (unpaired) electrons. The van der Waals surface area contributed by atoms with Crippen LogP contribution in [-0.4, -0.2) is 16.1 Å². The minimum absolute atomic E-state index is 0.0496. The maximum absolute atomic E-state index is 13.1. The van der Waals surface area contributed by atoms with E-state index in [-0.39, 0.29) is 23.4 Å². The van der Waals surface area contributed by atoms with Crippen molar-refractivity contribution >= 4 is 5.95 Å². The van der Waals surface area contributed by atoms with Gasteiger partial charge in [0.2, 0.25) is 5.95 Å². The number of anilines is 1. The van der Waals surface area contributed by atoms with Crippen LogP contribution in [0.15, 0.2) is 54.7 Å². The summed E-state index contributed by atoms with van der Waals surface area (Å²) in [5, 5.41) is 0. The number of hydrogen-bond acceptors (Lipinski definition) is 5. The number of ether oxygens (including phenoxy) is 2. The number of hydrogen-bond donors (Lipinski definition) is 1. The molecule has 0 amide bonds. The van der Waals surface area contributed by atoms with E-state index in [9.17, 15) is 13.2 Å². The maximum Gasteiger partial charge on any atom is 0.416 e. The zero-order chi connectivity index (χ0) is 22.7. The van der Waals surface area contributed by atoms with Crippen LogP contribution in [0.4, 0.5) is 19.1 Å². The molecule has 2 N–H and O–H groups in total. The second-order valence-corrected chi connectivity index (χ2v) is 8.02. The highest BCUT2D eigenvalue weighted by molar-refractivity contribution is 5.39. The van der Waals surface area contributed by atoms with E-state index in [1.165, 1.54) is 19.1 Å². The van der Waals surface area contributed by atoms with E-state index in [2.05, 4.69) is 9.97 Å². The molecule has 0 bridgehead atoms. The Morgan fingerprint density at radius 1 is 1.06 bits per heavy atom. The molecule has 1 saturated carbocycles. The minimum atomic E-state index is -4.42. The fourth-order valence-corrected chi connectivity index (χ4v) is 3.53. The van der Waals surface area contributed by atoms with Crippen molar-refractivity contribution < 1.29 is 22.6 Å². The Kier molecular flexibility index (Phi) is 6.32. The molecule has 1 atom stereocenters. The van der Waals surface area contributed by atoms with Gasteiger partial charge in [-0.05, 0) is 67.1 Å². The summed E-state index contributed by atoms with van der Waals surface area (Å²) in [4.78, 5) is 8.17. The smallest absolute Gasteiger partial charge is 0.416 e. The second kappa shape index (κ2) is 9.16. The van der Waals surface area contributed by atoms with Gasteiger partial charge < -0.3 is 15.2 Å². The predicted molar refractivity (Wildman–Crippen MR) is 114 cm³/mol. The minimum Gasteiger partial charge on any atom is -0.457 e. The third-order valence-electron chi connectivity index (χ3n) is 5.43.